The van der Waals surface area contributed by atoms with Crippen LogP contribution in [0, 0.1) is 0 Å². The molecule has 1 heterocycles. The van der Waals surface area contributed by atoms with Gasteiger partial charge in [-0.2, -0.15) is 0 Å². The second-order valence-electron chi connectivity index (χ2n) is 3.82. The lowest BCUT2D eigenvalue weighted by molar-refractivity contribution is 0.403. The molecule has 0 aromatic heterocycles. The first kappa shape index (κ1) is 10.1. The van der Waals surface area contributed by atoms with Crippen molar-refractivity contribution < 1.29 is 0 Å². The fourth-order valence-electron chi connectivity index (χ4n) is 2.03. The molecular weight excluding hydrogens is 240 g/mol. The van der Waals surface area contributed by atoms with E-state index in [9.17, 15) is 0 Å². The summed E-state index contributed by atoms with van der Waals surface area (Å²) in [5.74, 6) is 0.508. The van der Waals surface area contributed by atoms with E-state index in [1.807, 2.05) is 0 Å². The van der Waals surface area contributed by atoms with Gasteiger partial charge in [-0.25, -0.2) is 0 Å². The molecular formula is C11H15BrN2. The van der Waals surface area contributed by atoms with Gasteiger partial charge in [-0.05, 0) is 30.7 Å². The number of hydrogen-bond donors (Lipinski definition) is 2. The molecule has 1 aliphatic heterocycles. The molecule has 2 atom stereocenters. The molecule has 0 bridgehead atoms. The predicted octanol–water partition coefficient (Wildman–Crippen LogP) is 1.85. The number of rotatable bonds is 1. The maximum Gasteiger partial charge on any atom is 0.0235 e. The number of piperidine rings is 1. The highest BCUT2D eigenvalue weighted by atomic mass is 79.9. The first-order valence-corrected chi connectivity index (χ1v) is 5.78. The van der Waals surface area contributed by atoms with Crippen LogP contribution in [0.5, 0.6) is 0 Å². The van der Waals surface area contributed by atoms with Gasteiger partial charge in [-0.1, -0.05) is 28.1 Å². The van der Waals surface area contributed by atoms with Crippen LogP contribution in [0.25, 0.3) is 0 Å². The summed E-state index contributed by atoms with van der Waals surface area (Å²) in [5, 5.41) is 3.31. The van der Waals surface area contributed by atoms with E-state index in [0.717, 1.165) is 24.0 Å². The minimum Gasteiger partial charge on any atom is -0.326 e. The van der Waals surface area contributed by atoms with E-state index in [1.165, 1.54) is 5.56 Å². The molecule has 0 spiro atoms. The lowest BCUT2D eigenvalue weighted by Gasteiger charge is -2.29. The van der Waals surface area contributed by atoms with Crippen molar-refractivity contribution in [3.63, 3.8) is 0 Å². The molecule has 14 heavy (non-hydrogen) atoms. The maximum absolute atomic E-state index is 6.08. The zero-order chi connectivity index (χ0) is 9.97. The van der Waals surface area contributed by atoms with Gasteiger partial charge in [-0.3, -0.25) is 0 Å². The van der Waals surface area contributed by atoms with Gasteiger partial charge in [0.2, 0.25) is 0 Å². The maximum atomic E-state index is 6.08. The third-order valence-corrected chi connectivity index (χ3v) is 3.30. The Kier molecular flexibility index (Phi) is 3.21. The summed E-state index contributed by atoms with van der Waals surface area (Å²) in [6.07, 6.45) is 1.14. The normalized spacial score (nSPS) is 27.6. The highest BCUT2D eigenvalue weighted by Gasteiger charge is 2.22. The molecule has 2 unspecified atom stereocenters. The van der Waals surface area contributed by atoms with Gasteiger partial charge >= 0.3 is 0 Å². The first-order chi connectivity index (χ1) is 6.77. The lowest BCUT2D eigenvalue weighted by Crippen LogP contribution is -2.44. The van der Waals surface area contributed by atoms with Crippen molar-refractivity contribution in [2.45, 2.75) is 18.4 Å². The molecule has 2 rings (SSSR count). The Hall–Kier alpha value is -0.380. The van der Waals surface area contributed by atoms with Crippen molar-refractivity contribution in [3.05, 3.63) is 34.3 Å². The van der Waals surface area contributed by atoms with Crippen LogP contribution in [0.4, 0.5) is 0 Å². The topological polar surface area (TPSA) is 38.0 Å². The van der Waals surface area contributed by atoms with Crippen molar-refractivity contribution >= 4 is 15.9 Å². The van der Waals surface area contributed by atoms with Gasteiger partial charge in [0.25, 0.3) is 0 Å². The number of hydrogen-bond acceptors (Lipinski definition) is 2. The van der Waals surface area contributed by atoms with Crippen molar-refractivity contribution in [2.24, 2.45) is 5.73 Å². The zero-order valence-electron chi connectivity index (χ0n) is 8.04. The van der Waals surface area contributed by atoms with Crippen molar-refractivity contribution in [1.82, 2.24) is 5.32 Å². The third kappa shape index (κ3) is 2.16. The highest BCUT2D eigenvalue weighted by Crippen LogP contribution is 2.26. The lowest BCUT2D eigenvalue weighted by atomic mass is 9.87. The molecule has 1 fully saturated rings. The zero-order valence-corrected chi connectivity index (χ0v) is 9.63. The van der Waals surface area contributed by atoms with Gasteiger partial charge in [0.15, 0.2) is 0 Å². The Morgan fingerprint density at radius 1 is 1.43 bits per heavy atom. The van der Waals surface area contributed by atoms with Gasteiger partial charge in [0, 0.05) is 23.0 Å². The number of benzene rings is 1. The molecule has 0 radical (unpaired) electrons. The van der Waals surface area contributed by atoms with Crippen LogP contribution in [0.3, 0.4) is 0 Å². The summed E-state index contributed by atoms with van der Waals surface area (Å²) >= 11 is 3.49. The number of nitrogens with one attached hydrogen (secondary N) is 1. The third-order valence-electron chi connectivity index (χ3n) is 2.81. The number of halogens is 1. The Labute approximate surface area is 93.0 Å². The average molecular weight is 255 g/mol. The van der Waals surface area contributed by atoms with E-state index in [0.29, 0.717) is 5.92 Å². The Bertz CT molecular complexity index is 314. The quantitative estimate of drug-likeness (QED) is 0.803. The minimum atomic E-state index is 0.248. The fraction of sp³-hybridized carbons (Fsp3) is 0.455. The van der Waals surface area contributed by atoms with Gasteiger partial charge in [-0.15, -0.1) is 0 Å². The molecule has 1 aromatic carbocycles. The van der Waals surface area contributed by atoms with E-state index in [4.69, 9.17) is 5.73 Å². The summed E-state index contributed by atoms with van der Waals surface area (Å²) in [4.78, 5) is 0. The molecule has 1 aromatic rings. The molecule has 0 saturated carbocycles. The SMILES string of the molecule is NC1CNCCC1c1cccc(Br)c1. The summed E-state index contributed by atoms with van der Waals surface area (Å²) in [7, 11) is 0. The van der Waals surface area contributed by atoms with Gasteiger partial charge < -0.3 is 11.1 Å². The Balaban J connectivity index is 2.20. The van der Waals surface area contributed by atoms with E-state index in [-0.39, 0.29) is 6.04 Å². The van der Waals surface area contributed by atoms with E-state index >= 15 is 0 Å². The summed E-state index contributed by atoms with van der Waals surface area (Å²) in [6, 6.07) is 8.72. The van der Waals surface area contributed by atoms with Crippen LogP contribution in [-0.4, -0.2) is 19.1 Å². The van der Waals surface area contributed by atoms with E-state index in [2.05, 4.69) is 45.5 Å². The predicted molar refractivity (Wildman–Crippen MR) is 62.3 cm³/mol. The van der Waals surface area contributed by atoms with Crippen LogP contribution in [0.15, 0.2) is 28.7 Å². The average Bonchev–Trinajstić information content (AvgIpc) is 2.18. The highest BCUT2D eigenvalue weighted by molar-refractivity contribution is 9.10. The molecule has 1 saturated heterocycles. The fourth-order valence-corrected chi connectivity index (χ4v) is 2.45. The molecule has 0 aliphatic carbocycles. The molecule has 3 heteroatoms. The molecule has 1 aliphatic rings. The molecule has 76 valence electrons. The summed E-state index contributed by atoms with van der Waals surface area (Å²) in [6.45, 7) is 2.00. The van der Waals surface area contributed by atoms with Crippen molar-refractivity contribution in [3.8, 4) is 0 Å². The van der Waals surface area contributed by atoms with Gasteiger partial charge in [0.05, 0.1) is 0 Å². The standard InChI is InChI=1S/C11H15BrN2/c12-9-3-1-2-8(6-9)10-4-5-14-7-11(10)13/h1-3,6,10-11,14H,4-5,7,13H2. The Morgan fingerprint density at radius 3 is 3.00 bits per heavy atom. The monoisotopic (exact) mass is 254 g/mol. The van der Waals surface area contributed by atoms with Crippen molar-refractivity contribution in [2.75, 3.05) is 13.1 Å². The number of nitrogens with two attached hydrogens (primary N) is 1. The first-order valence-electron chi connectivity index (χ1n) is 4.99. The van der Waals surface area contributed by atoms with Gasteiger partial charge in [0.1, 0.15) is 0 Å². The van der Waals surface area contributed by atoms with Crippen LogP contribution in [0.1, 0.15) is 17.9 Å². The van der Waals surface area contributed by atoms with Crippen LogP contribution >= 0.6 is 15.9 Å². The van der Waals surface area contributed by atoms with E-state index in [1.54, 1.807) is 0 Å². The summed E-state index contributed by atoms with van der Waals surface area (Å²) < 4.78 is 1.14. The van der Waals surface area contributed by atoms with Crippen LogP contribution < -0.4 is 11.1 Å². The smallest absolute Gasteiger partial charge is 0.0235 e. The second kappa shape index (κ2) is 4.43. The summed E-state index contributed by atoms with van der Waals surface area (Å²) in [5.41, 5.74) is 7.44. The molecule has 3 N–H and O–H groups in total. The molecule has 2 nitrogen and oxygen atoms in total. The molecule has 0 amide bonds. The second-order valence-corrected chi connectivity index (χ2v) is 4.73. The van der Waals surface area contributed by atoms with Crippen LogP contribution in [0.2, 0.25) is 0 Å². The largest absolute Gasteiger partial charge is 0.326 e. The van der Waals surface area contributed by atoms with E-state index < -0.39 is 0 Å². The Morgan fingerprint density at radius 2 is 2.29 bits per heavy atom. The van der Waals surface area contributed by atoms with Crippen molar-refractivity contribution in [1.29, 1.82) is 0 Å². The minimum absolute atomic E-state index is 0.248. The van der Waals surface area contributed by atoms with Crippen LogP contribution in [-0.2, 0) is 0 Å².